The van der Waals surface area contributed by atoms with E-state index < -0.39 is 22.6 Å². The molecule has 0 saturated carbocycles. The van der Waals surface area contributed by atoms with Crippen molar-refractivity contribution in [3.63, 3.8) is 0 Å². The molecule has 1 rings (SSSR count). The zero-order chi connectivity index (χ0) is 19.4. The number of esters is 1. The lowest BCUT2D eigenvalue weighted by molar-refractivity contribution is -0.134. The number of nitrogens with zero attached hydrogens (tertiary/aromatic N) is 3. The van der Waals surface area contributed by atoms with Crippen molar-refractivity contribution in [3.05, 3.63) is 18.0 Å². The third-order valence-corrected chi connectivity index (χ3v) is 6.04. The fraction of sp³-hybridized carbons (Fsp3) is 0.625. The predicted octanol–water partition coefficient (Wildman–Crippen LogP) is 1.08. The number of carbonyl (C=O) groups excluding carboxylic acids is 2. The van der Waals surface area contributed by atoms with Gasteiger partial charge in [0.1, 0.15) is 10.6 Å². The van der Waals surface area contributed by atoms with Gasteiger partial charge in [0.05, 0.1) is 0 Å². The second-order valence-electron chi connectivity index (χ2n) is 5.94. The van der Waals surface area contributed by atoms with Crippen molar-refractivity contribution in [3.8, 4) is 0 Å². The van der Waals surface area contributed by atoms with Crippen LogP contribution in [0.25, 0.3) is 0 Å². The fourth-order valence-electron chi connectivity index (χ4n) is 2.18. The highest BCUT2D eigenvalue weighted by Gasteiger charge is 2.26. The summed E-state index contributed by atoms with van der Waals surface area (Å²) in [7, 11) is -0.484. The van der Waals surface area contributed by atoms with Crippen LogP contribution in [-0.4, -0.2) is 66.9 Å². The van der Waals surface area contributed by atoms with Gasteiger partial charge >= 0.3 is 5.97 Å². The Morgan fingerprint density at radius 2 is 1.80 bits per heavy atom. The first-order valence-corrected chi connectivity index (χ1v) is 9.59. The summed E-state index contributed by atoms with van der Waals surface area (Å²) < 4.78 is 32.7. The van der Waals surface area contributed by atoms with Crippen LogP contribution in [0.3, 0.4) is 0 Å². The van der Waals surface area contributed by atoms with Crippen molar-refractivity contribution in [1.29, 1.82) is 0 Å². The molecule has 0 aromatic carbocycles. The molecule has 0 bridgehead atoms. The first-order valence-electron chi connectivity index (χ1n) is 8.15. The molecule has 0 aliphatic heterocycles. The second kappa shape index (κ2) is 8.48. The third kappa shape index (κ3) is 4.82. The Morgan fingerprint density at radius 1 is 1.24 bits per heavy atom. The van der Waals surface area contributed by atoms with Crippen LogP contribution in [0.2, 0.25) is 0 Å². The Kier molecular flexibility index (Phi) is 7.18. The maximum absolute atomic E-state index is 12.5. The van der Waals surface area contributed by atoms with Crippen molar-refractivity contribution in [1.82, 2.24) is 13.8 Å². The van der Waals surface area contributed by atoms with Gasteiger partial charge in [0.15, 0.2) is 6.61 Å². The maximum Gasteiger partial charge on any atom is 0.355 e. The van der Waals surface area contributed by atoms with E-state index in [1.54, 1.807) is 27.9 Å². The van der Waals surface area contributed by atoms with E-state index in [0.717, 1.165) is 0 Å². The highest BCUT2D eigenvalue weighted by atomic mass is 32.2. The van der Waals surface area contributed by atoms with Gasteiger partial charge in [-0.25, -0.2) is 13.2 Å². The van der Waals surface area contributed by atoms with Crippen molar-refractivity contribution < 1.29 is 22.7 Å². The van der Waals surface area contributed by atoms with Gasteiger partial charge in [0.25, 0.3) is 5.91 Å². The number of likely N-dealkylation sites (N-methyl/N-ethyl adjacent to an activating group) is 1. The lowest BCUT2D eigenvalue weighted by atomic mass is 10.3. The summed E-state index contributed by atoms with van der Waals surface area (Å²) in [6, 6.07) is 1.26. The van der Waals surface area contributed by atoms with E-state index in [0.29, 0.717) is 13.1 Å². The summed E-state index contributed by atoms with van der Waals surface area (Å²) in [5.74, 6) is -1.07. The van der Waals surface area contributed by atoms with Gasteiger partial charge in [-0.2, -0.15) is 4.31 Å². The first-order chi connectivity index (χ1) is 11.6. The molecule has 8 nitrogen and oxygen atoms in total. The van der Waals surface area contributed by atoms with Gasteiger partial charge in [0, 0.05) is 39.4 Å². The van der Waals surface area contributed by atoms with Crippen LogP contribution in [0.1, 0.15) is 38.2 Å². The number of aromatic nitrogens is 1. The normalized spacial score (nSPS) is 11.8. The topological polar surface area (TPSA) is 88.9 Å². The smallest absolute Gasteiger partial charge is 0.355 e. The summed E-state index contributed by atoms with van der Waals surface area (Å²) in [4.78, 5) is 25.6. The van der Waals surface area contributed by atoms with Crippen LogP contribution in [0.5, 0.6) is 0 Å². The number of ether oxygens (including phenoxy) is 1. The largest absolute Gasteiger partial charge is 0.451 e. The molecule has 0 fully saturated rings. The Hall–Kier alpha value is -1.87. The van der Waals surface area contributed by atoms with E-state index in [2.05, 4.69) is 0 Å². The van der Waals surface area contributed by atoms with Crippen LogP contribution >= 0.6 is 0 Å². The van der Waals surface area contributed by atoms with Gasteiger partial charge in [-0.05, 0) is 19.9 Å². The number of aryl methyl sites for hydroxylation is 1. The van der Waals surface area contributed by atoms with E-state index in [-0.39, 0.29) is 22.5 Å². The molecule has 0 unspecified atom stereocenters. The molecule has 0 spiro atoms. The van der Waals surface area contributed by atoms with Crippen LogP contribution in [-0.2, 0) is 26.6 Å². The van der Waals surface area contributed by atoms with E-state index in [1.807, 2.05) is 13.8 Å². The lowest BCUT2D eigenvalue weighted by Gasteiger charge is -2.21. The summed E-state index contributed by atoms with van der Waals surface area (Å²) in [5.41, 5.74) is 0.0748. The minimum Gasteiger partial charge on any atom is -0.451 e. The van der Waals surface area contributed by atoms with Crippen LogP contribution in [0.4, 0.5) is 0 Å². The minimum absolute atomic E-state index is 0.00736. The quantitative estimate of drug-likeness (QED) is 0.636. The number of hydrogen-bond acceptors (Lipinski definition) is 5. The molecule has 142 valence electrons. The summed E-state index contributed by atoms with van der Waals surface area (Å²) >= 11 is 0. The number of hydrogen-bond donors (Lipinski definition) is 0. The van der Waals surface area contributed by atoms with Gasteiger partial charge in [0.2, 0.25) is 10.0 Å². The van der Waals surface area contributed by atoms with Crippen molar-refractivity contribution >= 4 is 21.9 Å². The van der Waals surface area contributed by atoms with E-state index in [1.165, 1.54) is 26.0 Å². The number of amides is 1. The molecule has 0 aliphatic carbocycles. The van der Waals surface area contributed by atoms with Gasteiger partial charge in [-0.3, -0.25) is 4.79 Å². The van der Waals surface area contributed by atoms with Crippen LogP contribution in [0, 0.1) is 0 Å². The molecule has 9 heteroatoms. The van der Waals surface area contributed by atoms with Crippen molar-refractivity contribution in [2.24, 2.45) is 7.05 Å². The van der Waals surface area contributed by atoms with Gasteiger partial charge in [-0.1, -0.05) is 13.8 Å². The number of rotatable bonds is 8. The highest BCUT2D eigenvalue weighted by molar-refractivity contribution is 7.89. The molecule has 25 heavy (non-hydrogen) atoms. The SMILES string of the molecule is CCN(CC)S(=O)(=O)c1cc(C(=O)OCC(=O)N(C)C(C)C)n(C)c1. The predicted molar refractivity (Wildman–Crippen MR) is 93.7 cm³/mol. The Labute approximate surface area is 149 Å². The molecule has 0 radical (unpaired) electrons. The Balaban J connectivity index is 2.93. The molecular formula is C16H27N3O5S. The van der Waals surface area contributed by atoms with Crippen molar-refractivity contribution in [2.75, 3.05) is 26.7 Å². The Morgan fingerprint density at radius 3 is 2.28 bits per heavy atom. The summed E-state index contributed by atoms with van der Waals surface area (Å²) in [6.07, 6.45) is 1.37. The molecule has 0 atom stereocenters. The number of carbonyl (C=O) groups is 2. The molecule has 1 aromatic heterocycles. The zero-order valence-corrected chi connectivity index (χ0v) is 16.5. The lowest BCUT2D eigenvalue weighted by Crippen LogP contribution is -2.36. The first kappa shape index (κ1) is 21.2. The molecule has 0 aliphatic rings. The van der Waals surface area contributed by atoms with Crippen LogP contribution in [0.15, 0.2) is 17.2 Å². The van der Waals surface area contributed by atoms with E-state index in [4.69, 9.17) is 4.74 Å². The number of sulfonamides is 1. The van der Waals surface area contributed by atoms with E-state index in [9.17, 15) is 18.0 Å². The minimum atomic E-state index is -3.66. The monoisotopic (exact) mass is 373 g/mol. The average molecular weight is 373 g/mol. The standard InChI is InChI=1S/C16H27N3O5S/c1-7-19(8-2)25(22,23)13-9-14(17(5)10-13)16(21)24-11-15(20)18(6)12(3)4/h9-10,12H,7-8,11H2,1-6H3. The second-order valence-corrected chi connectivity index (χ2v) is 7.87. The van der Waals surface area contributed by atoms with Gasteiger partial charge in [-0.15, -0.1) is 0 Å². The molecular weight excluding hydrogens is 346 g/mol. The van der Waals surface area contributed by atoms with Crippen molar-refractivity contribution in [2.45, 2.75) is 38.6 Å². The molecule has 0 N–H and O–H groups in total. The zero-order valence-electron chi connectivity index (χ0n) is 15.6. The molecule has 1 aromatic rings. The van der Waals surface area contributed by atoms with Crippen LogP contribution < -0.4 is 0 Å². The molecule has 1 heterocycles. The average Bonchev–Trinajstić information content (AvgIpc) is 2.95. The van der Waals surface area contributed by atoms with Gasteiger partial charge < -0.3 is 14.2 Å². The van der Waals surface area contributed by atoms with E-state index >= 15 is 0 Å². The summed E-state index contributed by atoms with van der Waals surface area (Å²) in [6.45, 7) is 7.47. The molecule has 0 saturated heterocycles. The Bertz CT molecular complexity index is 720. The summed E-state index contributed by atoms with van der Waals surface area (Å²) in [5, 5.41) is 0. The fourth-order valence-corrected chi connectivity index (χ4v) is 3.71. The molecule has 1 amide bonds. The highest BCUT2D eigenvalue weighted by Crippen LogP contribution is 2.19. The maximum atomic E-state index is 12.5. The third-order valence-electron chi connectivity index (χ3n) is 4.03.